The summed E-state index contributed by atoms with van der Waals surface area (Å²) in [6.07, 6.45) is 0. The fraction of sp³-hybridized carbons (Fsp3) is 0.278. The van der Waals surface area contributed by atoms with Gasteiger partial charge in [0, 0.05) is 5.56 Å². The Morgan fingerprint density at radius 3 is 2.10 bits per heavy atom. The van der Waals surface area contributed by atoms with Crippen molar-refractivity contribution in [3.63, 3.8) is 0 Å². The first-order chi connectivity index (χ1) is 10.1. The third kappa shape index (κ3) is 4.35. The molecule has 0 unspecified atom stereocenters. The van der Waals surface area contributed by atoms with E-state index in [1.165, 1.54) is 0 Å². The third-order valence-corrected chi connectivity index (χ3v) is 3.05. The van der Waals surface area contributed by atoms with Crippen LogP contribution >= 0.6 is 0 Å². The Balaban J connectivity index is 1.97. The molecule has 0 aromatic heterocycles. The Hall–Kier alpha value is -2.29. The van der Waals surface area contributed by atoms with Crippen molar-refractivity contribution in [1.82, 2.24) is 0 Å². The van der Waals surface area contributed by atoms with Gasteiger partial charge in [-0.2, -0.15) is 0 Å². The first kappa shape index (κ1) is 15.1. The molecule has 0 aliphatic rings. The standard InChI is InChI=1S/C18H20O3/c1-4-20-16-7-5-15(6-8-16)18(19)12-21-17-10-13(2)9-14(3)11-17/h5-11H,4,12H2,1-3H3. The van der Waals surface area contributed by atoms with Crippen molar-refractivity contribution in [3.05, 3.63) is 59.2 Å². The molecule has 0 spiro atoms. The molecule has 0 N–H and O–H groups in total. The highest BCUT2D eigenvalue weighted by Gasteiger charge is 2.07. The minimum Gasteiger partial charge on any atom is -0.494 e. The van der Waals surface area contributed by atoms with Crippen molar-refractivity contribution in [3.8, 4) is 11.5 Å². The largest absolute Gasteiger partial charge is 0.494 e. The zero-order chi connectivity index (χ0) is 15.2. The van der Waals surface area contributed by atoms with Gasteiger partial charge >= 0.3 is 0 Å². The molecule has 3 heteroatoms. The smallest absolute Gasteiger partial charge is 0.200 e. The zero-order valence-electron chi connectivity index (χ0n) is 12.7. The van der Waals surface area contributed by atoms with Gasteiger partial charge in [-0.15, -0.1) is 0 Å². The van der Waals surface area contributed by atoms with E-state index in [0.717, 1.165) is 22.6 Å². The Kier molecular flexibility index (Phi) is 4.99. The zero-order valence-corrected chi connectivity index (χ0v) is 12.7. The summed E-state index contributed by atoms with van der Waals surface area (Å²) in [5, 5.41) is 0. The van der Waals surface area contributed by atoms with Crippen molar-refractivity contribution in [2.45, 2.75) is 20.8 Å². The highest BCUT2D eigenvalue weighted by Crippen LogP contribution is 2.17. The Bertz CT molecular complexity index is 595. The van der Waals surface area contributed by atoms with Gasteiger partial charge in [-0.3, -0.25) is 4.79 Å². The Morgan fingerprint density at radius 1 is 0.905 bits per heavy atom. The number of ether oxygens (including phenoxy) is 2. The SMILES string of the molecule is CCOc1ccc(C(=O)COc2cc(C)cc(C)c2)cc1. The van der Waals surface area contributed by atoms with Gasteiger partial charge < -0.3 is 9.47 Å². The fourth-order valence-electron chi connectivity index (χ4n) is 2.15. The number of hydrogen-bond donors (Lipinski definition) is 0. The molecule has 0 saturated carbocycles. The summed E-state index contributed by atoms with van der Waals surface area (Å²) in [5.41, 5.74) is 2.87. The van der Waals surface area contributed by atoms with Gasteiger partial charge in [-0.25, -0.2) is 0 Å². The number of benzene rings is 2. The van der Waals surface area contributed by atoms with Crippen LogP contribution in [0.4, 0.5) is 0 Å². The summed E-state index contributed by atoms with van der Waals surface area (Å²) >= 11 is 0. The molecule has 110 valence electrons. The first-order valence-electron chi connectivity index (χ1n) is 7.05. The molecule has 0 aliphatic heterocycles. The van der Waals surface area contributed by atoms with Crippen LogP contribution < -0.4 is 9.47 Å². The number of ketones is 1. The van der Waals surface area contributed by atoms with Gasteiger partial charge in [0.05, 0.1) is 6.61 Å². The molecule has 2 aromatic rings. The van der Waals surface area contributed by atoms with Gasteiger partial charge in [0.1, 0.15) is 11.5 Å². The summed E-state index contributed by atoms with van der Waals surface area (Å²) in [5.74, 6) is 1.45. The van der Waals surface area contributed by atoms with Crippen LogP contribution in [0.5, 0.6) is 11.5 Å². The first-order valence-corrected chi connectivity index (χ1v) is 7.05. The molecule has 0 radical (unpaired) electrons. The van der Waals surface area contributed by atoms with Gasteiger partial charge in [0.2, 0.25) is 0 Å². The van der Waals surface area contributed by atoms with Crippen LogP contribution in [0.3, 0.4) is 0 Å². The van der Waals surface area contributed by atoms with E-state index >= 15 is 0 Å². The number of hydrogen-bond acceptors (Lipinski definition) is 3. The molecule has 0 atom stereocenters. The van der Waals surface area contributed by atoms with Gasteiger partial charge in [-0.05, 0) is 68.3 Å². The van der Waals surface area contributed by atoms with Crippen molar-refractivity contribution < 1.29 is 14.3 Å². The Labute approximate surface area is 125 Å². The summed E-state index contributed by atoms with van der Waals surface area (Å²) in [7, 11) is 0. The molecule has 21 heavy (non-hydrogen) atoms. The van der Waals surface area contributed by atoms with Crippen LogP contribution in [0.1, 0.15) is 28.4 Å². The molecular weight excluding hydrogens is 264 g/mol. The molecule has 2 aromatic carbocycles. The highest BCUT2D eigenvalue weighted by molar-refractivity contribution is 5.97. The van der Waals surface area contributed by atoms with E-state index in [1.54, 1.807) is 24.3 Å². The van der Waals surface area contributed by atoms with Crippen molar-refractivity contribution >= 4 is 5.78 Å². The summed E-state index contributed by atoms with van der Waals surface area (Å²) < 4.78 is 10.9. The molecule has 3 nitrogen and oxygen atoms in total. The summed E-state index contributed by atoms with van der Waals surface area (Å²) in [6, 6.07) is 13.1. The Morgan fingerprint density at radius 2 is 1.52 bits per heavy atom. The van der Waals surface area contributed by atoms with E-state index in [-0.39, 0.29) is 12.4 Å². The van der Waals surface area contributed by atoms with Crippen molar-refractivity contribution in [1.29, 1.82) is 0 Å². The number of rotatable bonds is 6. The number of carbonyl (C=O) groups excluding carboxylic acids is 1. The molecule has 0 aliphatic carbocycles. The second-order valence-corrected chi connectivity index (χ2v) is 4.99. The number of aryl methyl sites for hydroxylation is 2. The van der Waals surface area contributed by atoms with Crippen LogP contribution in [-0.4, -0.2) is 19.0 Å². The third-order valence-electron chi connectivity index (χ3n) is 3.05. The lowest BCUT2D eigenvalue weighted by Crippen LogP contribution is -2.11. The normalized spacial score (nSPS) is 10.2. The maximum Gasteiger partial charge on any atom is 0.200 e. The van der Waals surface area contributed by atoms with E-state index in [2.05, 4.69) is 6.07 Å². The lowest BCUT2D eigenvalue weighted by atomic mass is 10.1. The highest BCUT2D eigenvalue weighted by atomic mass is 16.5. The monoisotopic (exact) mass is 284 g/mol. The molecule has 0 heterocycles. The predicted molar refractivity (Wildman–Crippen MR) is 83.4 cm³/mol. The number of Topliss-reactive ketones (excluding diaryl/α,β-unsaturated/α-hetero) is 1. The van der Waals surface area contributed by atoms with Gasteiger partial charge in [0.15, 0.2) is 12.4 Å². The minimum atomic E-state index is -0.0443. The maximum atomic E-state index is 12.1. The minimum absolute atomic E-state index is 0.0386. The van der Waals surface area contributed by atoms with Crippen molar-refractivity contribution in [2.75, 3.05) is 13.2 Å². The molecule has 0 fully saturated rings. The van der Waals surface area contributed by atoms with Gasteiger partial charge in [-0.1, -0.05) is 6.07 Å². The maximum absolute atomic E-state index is 12.1. The lowest BCUT2D eigenvalue weighted by Gasteiger charge is -2.08. The van der Waals surface area contributed by atoms with E-state index in [9.17, 15) is 4.79 Å². The second-order valence-electron chi connectivity index (χ2n) is 4.99. The topological polar surface area (TPSA) is 35.5 Å². The van der Waals surface area contributed by atoms with Crippen LogP contribution in [0.15, 0.2) is 42.5 Å². The fourth-order valence-corrected chi connectivity index (χ4v) is 2.15. The average molecular weight is 284 g/mol. The summed E-state index contributed by atoms with van der Waals surface area (Å²) in [6.45, 7) is 6.60. The molecule has 2 rings (SSSR count). The quantitative estimate of drug-likeness (QED) is 0.753. The summed E-state index contributed by atoms with van der Waals surface area (Å²) in [4.78, 5) is 12.1. The molecule has 0 saturated heterocycles. The van der Waals surface area contributed by atoms with Crippen LogP contribution in [0.2, 0.25) is 0 Å². The molecule has 0 bridgehead atoms. The van der Waals surface area contributed by atoms with Crippen molar-refractivity contribution in [2.24, 2.45) is 0 Å². The second kappa shape index (κ2) is 6.93. The predicted octanol–water partition coefficient (Wildman–Crippen LogP) is 3.96. The number of carbonyl (C=O) groups is 1. The van der Waals surface area contributed by atoms with Crippen LogP contribution in [-0.2, 0) is 0 Å². The van der Waals surface area contributed by atoms with Gasteiger partial charge in [0.25, 0.3) is 0 Å². The van der Waals surface area contributed by atoms with E-state index in [1.807, 2.05) is 32.9 Å². The average Bonchev–Trinajstić information content (AvgIpc) is 2.45. The lowest BCUT2D eigenvalue weighted by molar-refractivity contribution is 0.0921. The molecule has 0 amide bonds. The van der Waals surface area contributed by atoms with E-state index in [4.69, 9.17) is 9.47 Å². The molecular formula is C18H20O3. The van der Waals surface area contributed by atoms with Crippen LogP contribution in [0, 0.1) is 13.8 Å². The van der Waals surface area contributed by atoms with E-state index in [0.29, 0.717) is 12.2 Å². The van der Waals surface area contributed by atoms with Crippen LogP contribution in [0.25, 0.3) is 0 Å². The van der Waals surface area contributed by atoms with E-state index < -0.39 is 0 Å².